The first-order chi connectivity index (χ1) is 14.9. The van der Waals surface area contributed by atoms with E-state index in [2.05, 4.69) is 33.4 Å². The lowest BCUT2D eigenvalue weighted by molar-refractivity contribution is -0.147. The van der Waals surface area contributed by atoms with Crippen molar-refractivity contribution in [3.05, 3.63) is 75.7 Å². The van der Waals surface area contributed by atoms with Crippen LogP contribution in [0.3, 0.4) is 0 Å². The summed E-state index contributed by atoms with van der Waals surface area (Å²) in [5, 5.41) is 3.31. The number of fused-ring (bicyclic) bond motifs is 5. The van der Waals surface area contributed by atoms with Crippen LogP contribution in [0.15, 0.2) is 65.2 Å². The third kappa shape index (κ3) is 3.52. The molecule has 5 nitrogen and oxygen atoms in total. The van der Waals surface area contributed by atoms with Crippen molar-refractivity contribution in [1.82, 2.24) is 4.90 Å². The molecule has 3 aliphatic rings. The predicted octanol–water partition coefficient (Wildman–Crippen LogP) is 4.46. The summed E-state index contributed by atoms with van der Waals surface area (Å²) in [7, 11) is 0. The molecule has 0 spiro atoms. The number of imide groups is 1. The number of nitrogens with one attached hydrogen (secondary N) is 1. The fourth-order valence-electron chi connectivity index (χ4n) is 5.17. The van der Waals surface area contributed by atoms with Gasteiger partial charge in [0, 0.05) is 16.6 Å². The monoisotopic (exact) mass is 498 g/mol. The Morgan fingerprint density at radius 1 is 1.06 bits per heavy atom. The van der Waals surface area contributed by atoms with E-state index in [0.717, 1.165) is 12.0 Å². The van der Waals surface area contributed by atoms with Crippen molar-refractivity contribution < 1.29 is 14.4 Å². The number of carbonyl (C=O) groups excluding carboxylic acids is 3. The van der Waals surface area contributed by atoms with Crippen molar-refractivity contribution in [1.29, 1.82) is 0 Å². The topological polar surface area (TPSA) is 66.5 Å². The molecule has 158 valence electrons. The number of hydrogen-bond donors (Lipinski definition) is 1. The Hall–Kier alpha value is -2.44. The van der Waals surface area contributed by atoms with Crippen LogP contribution >= 0.6 is 27.5 Å². The second kappa shape index (κ2) is 7.92. The summed E-state index contributed by atoms with van der Waals surface area (Å²) >= 11 is 9.49. The average Bonchev–Trinajstić information content (AvgIpc) is 3.44. The van der Waals surface area contributed by atoms with Crippen LogP contribution in [0, 0.1) is 23.7 Å². The second-order valence-electron chi connectivity index (χ2n) is 8.37. The number of halogens is 2. The number of hydrogen-bond acceptors (Lipinski definition) is 3. The molecule has 3 amide bonds. The highest BCUT2D eigenvalue weighted by molar-refractivity contribution is 9.10. The molecule has 1 aliphatic heterocycles. The Balaban J connectivity index is 1.46. The third-order valence-electron chi connectivity index (χ3n) is 6.58. The number of likely N-dealkylation sites (tertiary alicyclic amines) is 1. The Labute approximate surface area is 193 Å². The summed E-state index contributed by atoms with van der Waals surface area (Å²) < 4.78 is 0.716. The van der Waals surface area contributed by atoms with E-state index < -0.39 is 11.9 Å². The van der Waals surface area contributed by atoms with Gasteiger partial charge in [0.15, 0.2) is 0 Å². The van der Waals surface area contributed by atoms with Gasteiger partial charge < -0.3 is 5.32 Å². The molecule has 7 heteroatoms. The van der Waals surface area contributed by atoms with Crippen molar-refractivity contribution in [3.8, 4) is 0 Å². The van der Waals surface area contributed by atoms with Gasteiger partial charge in [0.25, 0.3) is 0 Å². The normalized spacial score (nSPS) is 27.0. The lowest BCUT2D eigenvalue weighted by Crippen LogP contribution is -2.49. The summed E-state index contributed by atoms with van der Waals surface area (Å²) in [6.07, 6.45) is 5.22. The third-order valence-corrected chi connectivity index (χ3v) is 7.81. The van der Waals surface area contributed by atoms with Gasteiger partial charge >= 0.3 is 0 Å². The molecule has 1 saturated carbocycles. The van der Waals surface area contributed by atoms with E-state index in [1.165, 1.54) is 4.90 Å². The number of carbonyl (C=O) groups is 3. The first-order valence-corrected chi connectivity index (χ1v) is 11.5. The minimum Gasteiger partial charge on any atom is -0.324 e. The molecule has 5 rings (SSSR count). The van der Waals surface area contributed by atoms with Crippen molar-refractivity contribution in [2.24, 2.45) is 23.7 Å². The van der Waals surface area contributed by atoms with Crippen LogP contribution in [0.5, 0.6) is 0 Å². The predicted molar refractivity (Wildman–Crippen MR) is 121 cm³/mol. The smallest absolute Gasteiger partial charge is 0.248 e. The van der Waals surface area contributed by atoms with Crippen LogP contribution in [0.25, 0.3) is 0 Å². The molecule has 2 aliphatic carbocycles. The van der Waals surface area contributed by atoms with E-state index in [1.54, 1.807) is 18.2 Å². The SMILES string of the molecule is O=C(Nc1ccc(Br)c(Cl)c1)[C@@H](Cc1ccccc1)N1C(=O)[C@@H]2[C@@H](C1=O)[C@H]1C=C[C@H]2C1. The fraction of sp³-hybridized carbons (Fsp3) is 0.292. The summed E-state index contributed by atoms with van der Waals surface area (Å²) in [6.45, 7) is 0. The van der Waals surface area contributed by atoms with Gasteiger partial charge in [-0.1, -0.05) is 54.1 Å². The Morgan fingerprint density at radius 2 is 1.71 bits per heavy atom. The molecular formula is C24H20BrClN2O3. The number of amides is 3. The maximum absolute atomic E-state index is 13.4. The summed E-state index contributed by atoms with van der Waals surface area (Å²) in [6, 6.07) is 13.6. The Bertz CT molecular complexity index is 1070. The molecule has 2 fully saturated rings. The molecule has 1 heterocycles. The van der Waals surface area contributed by atoms with Crippen LogP contribution in [0.4, 0.5) is 5.69 Å². The van der Waals surface area contributed by atoms with Crippen LogP contribution < -0.4 is 5.32 Å². The number of anilines is 1. The zero-order valence-corrected chi connectivity index (χ0v) is 18.8. The van der Waals surface area contributed by atoms with Crippen LogP contribution in [-0.4, -0.2) is 28.7 Å². The van der Waals surface area contributed by atoms with Crippen molar-refractivity contribution in [2.45, 2.75) is 18.9 Å². The van der Waals surface area contributed by atoms with E-state index >= 15 is 0 Å². The highest BCUT2D eigenvalue weighted by Gasteiger charge is 2.61. The summed E-state index contributed by atoms with van der Waals surface area (Å²) in [4.78, 5) is 41.3. The summed E-state index contributed by atoms with van der Waals surface area (Å²) in [5.74, 6) is -1.33. The Kier molecular flexibility index (Phi) is 5.22. The Morgan fingerprint density at radius 3 is 2.32 bits per heavy atom. The van der Waals surface area contributed by atoms with Crippen LogP contribution in [0.2, 0.25) is 5.02 Å². The van der Waals surface area contributed by atoms with E-state index in [-0.39, 0.29) is 41.9 Å². The standard InChI is InChI=1S/C24H20BrClN2O3/c25-17-9-8-16(12-18(17)26)27-22(29)19(10-13-4-2-1-3-5-13)28-23(30)20-14-6-7-15(11-14)21(20)24(28)31/h1-9,12,14-15,19-21H,10-11H2,(H,27,29)/t14-,15-,19+,20-,21-/m0/s1. The number of allylic oxidation sites excluding steroid dienone is 2. The first kappa shape index (κ1) is 20.5. The largest absolute Gasteiger partial charge is 0.324 e. The van der Waals surface area contributed by atoms with Gasteiger partial charge in [-0.25, -0.2) is 0 Å². The lowest BCUT2D eigenvalue weighted by atomic mass is 9.85. The highest BCUT2D eigenvalue weighted by atomic mass is 79.9. The molecule has 2 bridgehead atoms. The average molecular weight is 500 g/mol. The maximum atomic E-state index is 13.4. The van der Waals surface area contributed by atoms with Gasteiger partial charge in [-0.3, -0.25) is 19.3 Å². The summed E-state index contributed by atoms with van der Waals surface area (Å²) in [5.41, 5.74) is 1.40. The molecule has 31 heavy (non-hydrogen) atoms. The van der Waals surface area contributed by atoms with Gasteiger partial charge in [-0.15, -0.1) is 0 Å². The minimum atomic E-state index is -0.921. The first-order valence-electron chi connectivity index (χ1n) is 10.3. The van der Waals surface area contributed by atoms with Gasteiger partial charge in [0.2, 0.25) is 17.7 Å². The molecule has 5 atom stereocenters. The molecule has 0 unspecified atom stereocenters. The molecule has 0 radical (unpaired) electrons. The zero-order chi connectivity index (χ0) is 21.7. The van der Waals surface area contributed by atoms with Gasteiger partial charge in [-0.05, 0) is 57.9 Å². The number of rotatable bonds is 5. The second-order valence-corrected chi connectivity index (χ2v) is 9.63. The molecular weight excluding hydrogens is 480 g/mol. The molecule has 2 aromatic rings. The van der Waals surface area contributed by atoms with E-state index in [9.17, 15) is 14.4 Å². The van der Waals surface area contributed by atoms with Gasteiger partial charge in [0.1, 0.15) is 6.04 Å². The maximum Gasteiger partial charge on any atom is 0.248 e. The van der Waals surface area contributed by atoms with E-state index in [0.29, 0.717) is 15.2 Å². The minimum absolute atomic E-state index is 0.0992. The fourth-order valence-corrected chi connectivity index (χ4v) is 5.60. The van der Waals surface area contributed by atoms with Crippen LogP contribution in [-0.2, 0) is 20.8 Å². The van der Waals surface area contributed by atoms with Crippen molar-refractivity contribution >= 4 is 50.9 Å². The molecule has 1 saturated heterocycles. The van der Waals surface area contributed by atoms with Crippen molar-refractivity contribution in [3.63, 3.8) is 0 Å². The zero-order valence-electron chi connectivity index (χ0n) is 16.5. The van der Waals surface area contributed by atoms with E-state index in [4.69, 9.17) is 11.6 Å². The lowest BCUT2D eigenvalue weighted by Gasteiger charge is -2.27. The molecule has 0 aromatic heterocycles. The van der Waals surface area contributed by atoms with Crippen LogP contribution in [0.1, 0.15) is 12.0 Å². The number of benzene rings is 2. The quantitative estimate of drug-likeness (QED) is 0.488. The highest BCUT2D eigenvalue weighted by Crippen LogP contribution is 2.53. The van der Waals surface area contributed by atoms with Gasteiger partial charge in [0.05, 0.1) is 16.9 Å². The number of nitrogens with zero attached hydrogens (tertiary/aromatic N) is 1. The van der Waals surface area contributed by atoms with E-state index in [1.807, 2.05) is 30.3 Å². The van der Waals surface area contributed by atoms with Crippen molar-refractivity contribution in [2.75, 3.05) is 5.32 Å². The molecule has 2 aromatic carbocycles. The molecule has 1 N–H and O–H groups in total. The van der Waals surface area contributed by atoms with Gasteiger partial charge in [-0.2, -0.15) is 0 Å².